The first kappa shape index (κ1) is 34.9. The van der Waals surface area contributed by atoms with Crippen LogP contribution in [-0.4, -0.2) is 9.13 Å². The van der Waals surface area contributed by atoms with E-state index in [2.05, 4.69) is 251 Å². The molecule has 0 radical (unpaired) electrons. The molecule has 286 valence electrons. The zero-order valence-electron chi connectivity index (χ0n) is 33.4. The van der Waals surface area contributed by atoms with Crippen LogP contribution in [0.4, 0.5) is 17.1 Å². The van der Waals surface area contributed by atoms with Gasteiger partial charge >= 0.3 is 0 Å². The third-order valence-corrected chi connectivity index (χ3v) is 12.3. The Morgan fingerprint density at radius 3 is 1.28 bits per heavy atom. The van der Waals surface area contributed by atoms with E-state index in [9.17, 15) is 0 Å². The van der Waals surface area contributed by atoms with Gasteiger partial charge in [-0.3, -0.25) is 0 Å². The van der Waals surface area contributed by atoms with E-state index in [1.807, 2.05) is 0 Å². The molecular weight excluding hydrogens is 739 g/mol. The van der Waals surface area contributed by atoms with Crippen molar-refractivity contribution in [2.75, 3.05) is 4.90 Å². The lowest BCUT2D eigenvalue weighted by molar-refractivity contribution is 1.17. The topological polar surface area (TPSA) is 13.1 Å². The van der Waals surface area contributed by atoms with Gasteiger partial charge in [-0.1, -0.05) is 152 Å². The van der Waals surface area contributed by atoms with Crippen molar-refractivity contribution in [1.29, 1.82) is 0 Å². The largest absolute Gasteiger partial charge is 0.310 e. The molecule has 10 aromatic carbocycles. The van der Waals surface area contributed by atoms with Crippen LogP contribution in [0.3, 0.4) is 0 Å². The molecule has 12 aromatic rings. The minimum atomic E-state index is 1.10. The van der Waals surface area contributed by atoms with Crippen LogP contribution < -0.4 is 4.90 Å². The van der Waals surface area contributed by atoms with E-state index in [4.69, 9.17) is 0 Å². The lowest BCUT2D eigenvalue weighted by Crippen LogP contribution is -2.10. The van der Waals surface area contributed by atoms with Gasteiger partial charge in [0.25, 0.3) is 0 Å². The molecule has 0 spiro atoms. The quantitative estimate of drug-likeness (QED) is 0.157. The van der Waals surface area contributed by atoms with Crippen LogP contribution in [0.2, 0.25) is 0 Å². The molecule has 3 heteroatoms. The summed E-state index contributed by atoms with van der Waals surface area (Å²) in [6.45, 7) is 0. The molecule has 0 aliphatic rings. The minimum absolute atomic E-state index is 1.10. The van der Waals surface area contributed by atoms with Crippen molar-refractivity contribution in [3.63, 3.8) is 0 Å². The molecule has 0 aliphatic heterocycles. The van der Waals surface area contributed by atoms with Crippen molar-refractivity contribution in [2.24, 2.45) is 0 Å². The first-order valence-corrected chi connectivity index (χ1v) is 20.9. The predicted octanol–water partition coefficient (Wildman–Crippen LogP) is 15.8. The lowest BCUT2D eigenvalue weighted by Gasteiger charge is -2.27. The van der Waals surface area contributed by atoms with E-state index in [1.165, 1.54) is 82.3 Å². The van der Waals surface area contributed by atoms with Gasteiger partial charge in [-0.25, -0.2) is 0 Å². The Morgan fingerprint density at radius 1 is 0.262 bits per heavy atom. The maximum atomic E-state index is 2.38. The molecule has 0 bridgehead atoms. The molecule has 0 saturated carbocycles. The summed E-state index contributed by atoms with van der Waals surface area (Å²) >= 11 is 0. The average Bonchev–Trinajstić information content (AvgIpc) is 3.85. The number of rotatable bonds is 7. The fourth-order valence-electron chi connectivity index (χ4n) is 9.45. The smallest absolute Gasteiger partial charge is 0.0541 e. The summed E-state index contributed by atoms with van der Waals surface area (Å²) in [5, 5.41) is 7.47. The van der Waals surface area contributed by atoms with Gasteiger partial charge < -0.3 is 14.0 Å². The van der Waals surface area contributed by atoms with Crippen LogP contribution in [0.5, 0.6) is 0 Å². The third-order valence-electron chi connectivity index (χ3n) is 12.3. The summed E-state index contributed by atoms with van der Waals surface area (Å²) in [7, 11) is 0. The number of nitrogens with zero attached hydrogens (tertiary/aromatic N) is 3. The van der Waals surface area contributed by atoms with Crippen molar-refractivity contribution in [3.05, 3.63) is 237 Å². The van der Waals surface area contributed by atoms with E-state index < -0.39 is 0 Å². The van der Waals surface area contributed by atoms with Gasteiger partial charge in [0, 0.05) is 49.7 Å². The van der Waals surface area contributed by atoms with Gasteiger partial charge in [0.1, 0.15) is 0 Å². The molecule has 0 saturated heterocycles. The lowest BCUT2D eigenvalue weighted by atomic mass is 9.98. The first-order chi connectivity index (χ1) is 30.3. The van der Waals surface area contributed by atoms with Crippen molar-refractivity contribution < 1.29 is 0 Å². The normalized spacial score (nSPS) is 11.6. The summed E-state index contributed by atoms with van der Waals surface area (Å²) in [6, 6.07) is 85.8. The number of hydrogen-bond donors (Lipinski definition) is 0. The monoisotopic (exact) mass is 777 g/mol. The van der Waals surface area contributed by atoms with Crippen molar-refractivity contribution in [1.82, 2.24) is 9.13 Å². The molecule has 0 aliphatic carbocycles. The van der Waals surface area contributed by atoms with Crippen LogP contribution in [-0.2, 0) is 0 Å². The zero-order chi connectivity index (χ0) is 40.3. The summed E-state index contributed by atoms with van der Waals surface area (Å²) in [5.74, 6) is 0. The number of benzene rings is 10. The molecule has 61 heavy (non-hydrogen) atoms. The van der Waals surface area contributed by atoms with Crippen molar-refractivity contribution in [2.45, 2.75) is 0 Å². The highest BCUT2D eigenvalue weighted by Crippen LogP contribution is 2.41. The fourth-order valence-corrected chi connectivity index (χ4v) is 9.45. The maximum absolute atomic E-state index is 2.38. The summed E-state index contributed by atoms with van der Waals surface area (Å²) in [6.07, 6.45) is 0. The molecule has 12 rings (SSSR count). The molecule has 0 fully saturated rings. The van der Waals surface area contributed by atoms with Gasteiger partial charge in [0.15, 0.2) is 0 Å². The number of para-hydroxylation sites is 4. The molecule has 0 unspecified atom stereocenters. The average molecular weight is 778 g/mol. The molecule has 0 atom stereocenters. The van der Waals surface area contributed by atoms with Crippen LogP contribution >= 0.6 is 0 Å². The van der Waals surface area contributed by atoms with Crippen molar-refractivity contribution in [3.8, 4) is 33.6 Å². The van der Waals surface area contributed by atoms with Gasteiger partial charge in [0.2, 0.25) is 0 Å². The van der Waals surface area contributed by atoms with Gasteiger partial charge in [-0.05, 0) is 113 Å². The summed E-state index contributed by atoms with van der Waals surface area (Å²) < 4.78 is 4.74. The summed E-state index contributed by atoms with van der Waals surface area (Å²) in [4.78, 5) is 2.38. The standard InChI is InChI=1S/C58H39N3/c1-2-15-45(16-3-1)60-57-23-11-8-20-52(57)53-39-44(31-38-58(53)60)42-27-25-40(26-28-42)41-29-32-46(33-30-41)59(54-24-12-14-43-13-4-5-17-49(43)54)47-34-36-48(37-35-47)61-55-21-9-6-18-50(55)51-19-7-10-22-56(51)61/h1-39H. The van der Waals surface area contributed by atoms with E-state index in [0.29, 0.717) is 0 Å². The second-order valence-corrected chi connectivity index (χ2v) is 15.8. The Balaban J connectivity index is 0.894. The first-order valence-electron chi connectivity index (χ1n) is 20.9. The SMILES string of the molecule is c1ccc(-n2c3ccccc3c3cc(-c4ccc(-c5ccc(N(c6ccc(-n7c8ccccc8c8ccccc87)cc6)c6cccc7ccccc67)cc5)cc4)ccc32)cc1. The van der Waals surface area contributed by atoms with Crippen LogP contribution in [0.25, 0.3) is 88.0 Å². The van der Waals surface area contributed by atoms with Crippen LogP contribution in [0, 0.1) is 0 Å². The number of anilines is 3. The van der Waals surface area contributed by atoms with Crippen molar-refractivity contribution >= 4 is 71.4 Å². The highest BCUT2D eigenvalue weighted by molar-refractivity contribution is 6.11. The Bertz CT molecular complexity index is 3500. The van der Waals surface area contributed by atoms with E-state index in [1.54, 1.807) is 0 Å². The number of hydrogen-bond acceptors (Lipinski definition) is 1. The second kappa shape index (κ2) is 14.3. The van der Waals surface area contributed by atoms with Gasteiger partial charge in [-0.2, -0.15) is 0 Å². The summed E-state index contributed by atoms with van der Waals surface area (Å²) in [5.41, 5.74) is 15.3. The van der Waals surface area contributed by atoms with Gasteiger partial charge in [0.05, 0.1) is 27.8 Å². The van der Waals surface area contributed by atoms with Gasteiger partial charge in [-0.15, -0.1) is 0 Å². The maximum Gasteiger partial charge on any atom is 0.0541 e. The number of fused-ring (bicyclic) bond motifs is 7. The molecule has 0 amide bonds. The second-order valence-electron chi connectivity index (χ2n) is 15.8. The minimum Gasteiger partial charge on any atom is -0.310 e. The molecule has 3 nitrogen and oxygen atoms in total. The molecular formula is C58H39N3. The van der Waals surface area contributed by atoms with E-state index in [-0.39, 0.29) is 0 Å². The van der Waals surface area contributed by atoms with Crippen LogP contribution in [0.1, 0.15) is 0 Å². The van der Waals surface area contributed by atoms with E-state index >= 15 is 0 Å². The Kier molecular flexibility index (Phi) is 8.17. The Morgan fingerprint density at radius 2 is 0.672 bits per heavy atom. The van der Waals surface area contributed by atoms with Crippen LogP contribution in [0.15, 0.2) is 237 Å². The molecule has 2 heterocycles. The Labute approximate surface area is 354 Å². The highest BCUT2D eigenvalue weighted by atomic mass is 15.1. The third kappa shape index (κ3) is 5.82. The Hall–Kier alpha value is -8.14. The fraction of sp³-hybridized carbons (Fsp3) is 0. The highest BCUT2D eigenvalue weighted by Gasteiger charge is 2.18. The molecule has 2 aromatic heterocycles. The number of aromatic nitrogens is 2. The predicted molar refractivity (Wildman–Crippen MR) is 258 cm³/mol. The van der Waals surface area contributed by atoms with E-state index in [0.717, 1.165) is 22.7 Å². The molecule has 0 N–H and O–H groups in total. The zero-order valence-corrected chi connectivity index (χ0v) is 33.4.